The van der Waals surface area contributed by atoms with Gasteiger partial charge < -0.3 is 9.30 Å². The minimum absolute atomic E-state index is 0.0874. The van der Waals surface area contributed by atoms with Gasteiger partial charge in [-0.05, 0) is 18.5 Å². The first-order valence-electron chi connectivity index (χ1n) is 8.95. The number of ether oxygens (including phenoxy) is 1. The molecule has 0 aliphatic carbocycles. The molecule has 1 aromatic carbocycles. The second-order valence-electron chi connectivity index (χ2n) is 7.87. The lowest BCUT2D eigenvalue weighted by Crippen LogP contribution is -2.22. The van der Waals surface area contributed by atoms with Gasteiger partial charge >= 0.3 is 0 Å². The number of ketones is 1. The lowest BCUT2D eigenvalue weighted by atomic mass is 10.00. The summed E-state index contributed by atoms with van der Waals surface area (Å²) in [6.45, 7) is 9.88. The molecule has 0 saturated heterocycles. The van der Waals surface area contributed by atoms with E-state index < -0.39 is 8.07 Å². The van der Waals surface area contributed by atoms with Crippen LogP contribution in [0.4, 0.5) is 0 Å². The van der Waals surface area contributed by atoms with Gasteiger partial charge in [0.25, 0.3) is 0 Å². The second kappa shape index (κ2) is 7.92. The molecule has 2 heterocycles. The molecule has 0 aliphatic heterocycles. The number of halogens is 1. The molecule has 142 valence electrons. The van der Waals surface area contributed by atoms with Crippen LogP contribution in [-0.2, 0) is 11.5 Å². The lowest BCUT2D eigenvalue weighted by molar-refractivity contribution is 0.0896. The van der Waals surface area contributed by atoms with Crippen molar-refractivity contribution in [1.29, 1.82) is 0 Å². The zero-order chi connectivity index (χ0) is 19.6. The number of benzene rings is 1. The van der Waals surface area contributed by atoms with Crippen LogP contribution in [0.3, 0.4) is 0 Å². The first-order chi connectivity index (χ1) is 12.8. The summed E-state index contributed by atoms with van der Waals surface area (Å²) < 4.78 is 7.68. The van der Waals surface area contributed by atoms with E-state index in [2.05, 4.69) is 29.6 Å². The Labute approximate surface area is 165 Å². The van der Waals surface area contributed by atoms with Crippen LogP contribution in [0.25, 0.3) is 11.0 Å². The van der Waals surface area contributed by atoms with Gasteiger partial charge in [0.1, 0.15) is 23.9 Å². The molecular weight excluding hydrogens is 378 g/mol. The van der Waals surface area contributed by atoms with E-state index >= 15 is 0 Å². The predicted octanol–water partition coefficient (Wildman–Crippen LogP) is 4.94. The molecule has 3 aromatic rings. The Hall–Kier alpha value is -2.02. The number of hydrogen-bond acceptors (Lipinski definition) is 4. The molecule has 7 heteroatoms. The monoisotopic (exact) mass is 401 g/mol. The quantitative estimate of drug-likeness (QED) is 0.243. The number of hydrogen-bond donors (Lipinski definition) is 0. The van der Waals surface area contributed by atoms with Gasteiger partial charge in [-0.15, -0.1) is 0 Å². The summed E-state index contributed by atoms with van der Waals surface area (Å²) >= 11 is 6.32. The SMILES string of the molecule is Cc1ccccc1C(=O)c1cn(COCC[Si](C)(C)C)c2ncnc(Cl)c12. The molecule has 0 spiro atoms. The third-order valence-corrected chi connectivity index (χ3v) is 6.46. The highest BCUT2D eigenvalue weighted by Crippen LogP contribution is 2.28. The molecule has 0 aliphatic rings. The molecule has 2 aromatic heterocycles. The van der Waals surface area contributed by atoms with Crippen LogP contribution < -0.4 is 0 Å². The van der Waals surface area contributed by atoms with Gasteiger partial charge in [0, 0.05) is 26.4 Å². The lowest BCUT2D eigenvalue weighted by Gasteiger charge is -2.15. The number of aromatic nitrogens is 3. The number of aryl methyl sites for hydroxylation is 1. The summed E-state index contributed by atoms with van der Waals surface area (Å²) in [6.07, 6.45) is 3.18. The summed E-state index contributed by atoms with van der Waals surface area (Å²) in [4.78, 5) is 21.5. The Morgan fingerprint density at radius 3 is 2.63 bits per heavy atom. The van der Waals surface area contributed by atoms with E-state index in [9.17, 15) is 4.79 Å². The summed E-state index contributed by atoms with van der Waals surface area (Å²) in [5.74, 6) is -0.0874. The van der Waals surface area contributed by atoms with E-state index in [1.807, 2.05) is 35.8 Å². The zero-order valence-corrected chi connectivity index (χ0v) is 17.9. The molecule has 5 nitrogen and oxygen atoms in total. The van der Waals surface area contributed by atoms with Gasteiger partial charge in [0.15, 0.2) is 5.78 Å². The van der Waals surface area contributed by atoms with Crippen LogP contribution in [0.1, 0.15) is 21.5 Å². The Morgan fingerprint density at radius 1 is 1.19 bits per heavy atom. The van der Waals surface area contributed by atoms with E-state index in [1.165, 1.54) is 6.33 Å². The minimum Gasteiger partial charge on any atom is -0.361 e. The van der Waals surface area contributed by atoms with Crippen molar-refractivity contribution in [2.24, 2.45) is 0 Å². The molecule has 0 unspecified atom stereocenters. The smallest absolute Gasteiger partial charge is 0.195 e. The first kappa shape index (κ1) is 19.7. The van der Waals surface area contributed by atoms with Gasteiger partial charge in [-0.25, -0.2) is 9.97 Å². The fourth-order valence-electron chi connectivity index (χ4n) is 2.87. The topological polar surface area (TPSA) is 57.0 Å². The Kier molecular flexibility index (Phi) is 5.79. The van der Waals surface area contributed by atoms with Crippen molar-refractivity contribution >= 4 is 36.5 Å². The number of carbonyl (C=O) groups is 1. The molecule has 0 atom stereocenters. The van der Waals surface area contributed by atoms with Crippen LogP contribution in [0, 0.1) is 6.92 Å². The number of fused-ring (bicyclic) bond motifs is 1. The number of rotatable bonds is 7. The van der Waals surface area contributed by atoms with Gasteiger partial charge in [0.2, 0.25) is 0 Å². The Morgan fingerprint density at radius 2 is 1.93 bits per heavy atom. The summed E-state index contributed by atoms with van der Waals surface area (Å²) in [7, 11) is -1.16. The van der Waals surface area contributed by atoms with Crippen molar-refractivity contribution in [1.82, 2.24) is 14.5 Å². The van der Waals surface area contributed by atoms with Crippen LogP contribution in [0.5, 0.6) is 0 Å². The standard InChI is InChI=1S/C20H24ClN3O2Si/c1-14-7-5-6-8-15(14)18(25)16-11-24(13-26-9-10-27(2,3)4)20-17(16)19(21)22-12-23-20/h5-8,11-12H,9-10,13H2,1-4H3. The van der Waals surface area contributed by atoms with Gasteiger partial charge in [-0.3, -0.25) is 4.79 Å². The molecule has 0 bridgehead atoms. The second-order valence-corrected chi connectivity index (χ2v) is 13.8. The van der Waals surface area contributed by atoms with Crippen LogP contribution in [-0.4, -0.2) is 35.0 Å². The summed E-state index contributed by atoms with van der Waals surface area (Å²) in [5, 5.41) is 0.846. The first-order valence-corrected chi connectivity index (χ1v) is 13.0. The summed E-state index contributed by atoms with van der Waals surface area (Å²) in [6, 6.07) is 8.60. The van der Waals surface area contributed by atoms with Crippen molar-refractivity contribution < 1.29 is 9.53 Å². The molecule has 0 amide bonds. The maximum atomic E-state index is 13.1. The molecule has 3 rings (SSSR count). The number of carbonyl (C=O) groups excluding carboxylic acids is 1. The third kappa shape index (κ3) is 4.46. The van der Waals surface area contributed by atoms with Crippen molar-refractivity contribution in [3.63, 3.8) is 0 Å². The molecular formula is C20H24ClN3O2Si. The van der Waals surface area contributed by atoms with E-state index in [0.717, 1.165) is 11.6 Å². The molecule has 0 N–H and O–H groups in total. The number of nitrogens with zero attached hydrogens (tertiary/aromatic N) is 3. The van der Waals surface area contributed by atoms with Crippen LogP contribution in [0.2, 0.25) is 30.8 Å². The largest absolute Gasteiger partial charge is 0.361 e. The fourth-order valence-corrected chi connectivity index (χ4v) is 3.86. The van der Waals surface area contributed by atoms with Crippen LogP contribution >= 0.6 is 11.6 Å². The van der Waals surface area contributed by atoms with E-state index in [4.69, 9.17) is 16.3 Å². The van der Waals surface area contributed by atoms with Crippen LogP contribution in [0.15, 0.2) is 36.8 Å². The molecule has 0 fully saturated rings. The molecule has 0 radical (unpaired) electrons. The summed E-state index contributed by atoms with van der Waals surface area (Å²) in [5.41, 5.74) is 2.68. The Balaban J connectivity index is 1.94. The normalized spacial score (nSPS) is 11.9. The predicted molar refractivity (Wildman–Crippen MR) is 111 cm³/mol. The minimum atomic E-state index is -1.16. The van der Waals surface area contributed by atoms with Crippen molar-refractivity contribution in [2.45, 2.75) is 39.3 Å². The van der Waals surface area contributed by atoms with Crippen molar-refractivity contribution in [3.8, 4) is 0 Å². The van der Waals surface area contributed by atoms with E-state index in [0.29, 0.717) is 35.5 Å². The maximum absolute atomic E-state index is 13.1. The molecule has 27 heavy (non-hydrogen) atoms. The average molecular weight is 402 g/mol. The maximum Gasteiger partial charge on any atom is 0.195 e. The third-order valence-electron chi connectivity index (χ3n) is 4.47. The average Bonchev–Trinajstić information content (AvgIpc) is 2.98. The zero-order valence-electron chi connectivity index (χ0n) is 16.1. The van der Waals surface area contributed by atoms with Gasteiger partial charge in [-0.2, -0.15) is 0 Å². The Bertz CT molecular complexity index is 979. The highest BCUT2D eigenvalue weighted by atomic mass is 35.5. The fraction of sp³-hybridized carbons (Fsp3) is 0.350. The van der Waals surface area contributed by atoms with Gasteiger partial charge in [-0.1, -0.05) is 55.5 Å². The highest BCUT2D eigenvalue weighted by molar-refractivity contribution is 6.76. The van der Waals surface area contributed by atoms with E-state index in [-0.39, 0.29) is 10.9 Å². The molecule has 0 saturated carbocycles. The van der Waals surface area contributed by atoms with Gasteiger partial charge in [0.05, 0.1) is 10.9 Å². The highest BCUT2D eigenvalue weighted by Gasteiger charge is 2.21. The van der Waals surface area contributed by atoms with Crippen molar-refractivity contribution in [3.05, 3.63) is 58.6 Å². The van der Waals surface area contributed by atoms with E-state index in [1.54, 1.807) is 6.20 Å². The van der Waals surface area contributed by atoms with Crippen molar-refractivity contribution in [2.75, 3.05) is 6.61 Å².